The van der Waals surface area contributed by atoms with E-state index in [1.165, 1.54) is 12.1 Å². The van der Waals surface area contributed by atoms with Gasteiger partial charge in [0, 0.05) is 18.6 Å². The maximum Gasteiger partial charge on any atom is 0.416 e. The van der Waals surface area contributed by atoms with Gasteiger partial charge in [0.2, 0.25) is 0 Å². The van der Waals surface area contributed by atoms with Gasteiger partial charge in [-0.25, -0.2) is 0 Å². The van der Waals surface area contributed by atoms with Gasteiger partial charge in [0.15, 0.2) is 0 Å². The predicted octanol–water partition coefficient (Wildman–Crippen LogP) is 3.19. The molecule has 19 heavy (non-hydrogen) atoms. The van der Waals surface area contributed by atoms with Crippen molar-refractivity contribution >= 4 is 0 Å². The van der Waals surface area contributed by atoms with Crippen LogP contribution in [0.5, 0.6) is 0 Å². The van der Waals surface area contributed by atoms with E-state index in [9.17, 15) is 13.2 Å². The zero-order valence-corrected chi connectivity index (χ0v) is 11.0. The largest absolute Gasteiger partial charge is 0.416 e. The predicted molar refractivity (Wildman–Crippen MR) is 68.6 cm³/mol. The Morgan fingerprint density at radius 2 is 2.11 bits per heavy atom. The van der Waals surface area contributed by atoms with Crippen LogP contribution in [0.2, 0.25) is 0 Å². The minimum Gasteiger partial charge on any atom is -0.327 e. The van der Waals surface area contributed by atoms with Crippen LogP contribution >= 0.6 is 0 Å². The summed E-state index contributed by atoms with van der Waals surface area (Å²) < 4.78 is 38.1. The summed E-state index contributed by atoms with van der Waals surface area (Å²) in [6.07, 6.45) is -2.29. The van der Waals surface area contributed by atoms with E-state index in [-0.39, 0.29) is 12.1 Å². The van der Waals surface area contributed by atoms with Crippen LogP contribution in [0.4, 0.5) is 13.2 Å². The molecule has 2 nitrogen and oxygen atoms in total. The lowest BCUT2D eigenvalue weighted by Crippen LogP contribution is -2.43. The van der Waals surface area contributed by atoms with Gasteiger partial charge in [-0.15, -0.1) is 0 Å². The molecule has 1 fully saturated rings. The molecule has 0 aromatic heterocycles. The molecule has 2 atom stereocenters. The monoisotopic (exact) mass is 272 g/mol. The van der Waals surface area contributed by atoms with Crippen LogP contribution in [0.15, 0.2) is 24.3 Å². The van der Waals surface area contributed by atoms with E-state index >= 15 is 0 Å². The molecular formula is C14H19F3N2. The van der Waals surface area contributed by atoms with E-state index in [0.29, 0.717) is 5.56 Å². The van der Waals surface area contributed by atoms with E-state index in [1.54, 1.807) is 6.07 Å². The van der Waals surface area contributed by atoms with Crippen LogP contribution in [-0.4, -0.2) is 24.0 Å². The summed E-state index contributed by atoms with van der Waals surface area (Å²) in [5.74, 6) is 0. The number of likely N-dealkylation sites (tertiary alicyclic amines) is 1. The molecule has 2 rings (SSSR count). The second-order valence-corrected chi connectivity index (χ2v) is 5.20. The number of benzene rings is 1. The van der Waals surface area contributed by atoms with Crippen LogP contribution in [0.1, 0.15) is 36.9 Å². The molecule has 1 aliphatic heterocycles. The zero-order valence-electron chi connectivity index (χ0n) is 11.0. The molecule has 1 aromatic rings. The average molecular weight is 272 g/mol. The van der Waals surface area contributed by atoms with E-state index < -0.39 is 11.7 Å². The topological polar surface area (TPSA) is 29.3 Å². The average Bonchev–Trinajstić information content (AvgIpc) is 2.37. The van der Waals surface area contributed by atoms with Crippen molar-refractivity contribution < 1.29 is 13.2 Å². The summed E-state index contributed by atoms with van der Waals surface area (Å²) in [6.45, 7) is 3.58. The molecule has 0 aliphatic carbocycles. The Morgan fingerprint density at radius 3 is 2.74 bits per heavy atom. The first-order valence-electron chi connectivity index (χ1n) is 6.54. The first kappa shape index (κ1) is 14.3. The van der Waals surface area contributed by atoms with Crippen molar-refractivity contribution in [1.29, 1.82) is 0 Å². The number of hydrogen-bond acceptors (Lipinski definition) is 2. The third kappa shape index (κ3) is 3.48. The Morgan fingerprint density at radius 1 is 1.37 bits per heavy atom. The Labute approximate surface area is 111 Å². The summed E-state index contributed by atoms with van der Waals surface area (Å²) in [5.41, 5.74) is 6.03. The molecule has 1 heterocycles. The lowest BCUT2D eigenvalue weighted by Gasteiger charge is -2.35. The Kier molecular flexibility index (Phi) is 4.16. The van der Waals surface area contributed by atoms with E-state index in [1.807, 2.05) is 6.92 Å². The Bertz CT molecular complexity index is 431. The van der Waals surface area contributed by atoms with Gasteiger partial charge in [-0.05, 0) is 44.0 Å². The normalized spacial score (nSPS) is 23.3. The van der Waals surface area contributed by atoms with Gasteiger partial charge >= 0.3 is 6.18 Å². The van der Waals surface area contributed by atoms with Crippen LogP contribution in [0.25, 0.3) is 0 Å². The fourth-order valence-electron chi connectivity index (χ4n) is 2.58. The third-order valence-corrected chi connectivity index (χ3v) is 3.73. The number of rotatable bonds is 2. The number of halogens is 3. The van der Waals surface area contributed by atoms with Gasteiger partial charge in [0.25, 0.3) is 0 Å². The maximum absolute atomic E-state index is 12.7. The molecule has 5 heteroatoms. The van der Waals surface area contributed by atoms with Crippen LogP contribution < -0.4 is 5.73 Å². The summed E-state index contributed by atoms with van der Waals surface area (Å²) in [6, 6.07) is 5.66. The van der Waals surface area contributed by atoms with Crippen molar-refractivity contribution in [2.45, 2.75) is 38.0 Å². The van der Waals surface area contributed by atoms with Crippen LogP contribution in [0, 0.1) is 0 Å². The van der Waals surface area contributed by atoms with E-state index in [0.717, 1.165) is 32.0 Å². The summed E-state index contributed by atoms with van der Waals surface area (Å²) in [7, 11) is 0. The van der Waals surface area contributed by atoms with Crippen molar-refractivity contribution in [3.63, 3.8) is 0 Å². The number of nitrogens with two attached hydrogens (primary N) is 1. The summed E-state index contributed by atoms with van der Waals surface area (Å²) >= 11 is 0. The molecule has 1 aromatic carbocycles. The quantitative estimate of drug-likeness (QED) is 0.896. The van der Waals surface area contributed by atoms with Gasteiger partial charge in [-0.3, -0.25) is 4.90 Å². The highest BCUT2D eigenvalue weighted by atomic mass is 19.4. The van der Waals surface area contributed by atoms with Crippen molar-refractivity contribution in [3.05, 3.63) is 35.4 Å². The van der Waals surface area contributed by atoms with Crippen LogP contribution in [-0.2, 0) is 6.18 Å². The molecule has 106 valence electrons. The SMILES string of the molecule is CC(c1cccc(C(F)(F)F)c1)N1CCCC(N)C1. The second kappa shape index (κ2) is 5.51. The van der Waals surface area contributed by atoms with Crippen LogP contribution in [0.3, 0.4) is 0 Å². The second-order valence-electron chi connectivity index (χ2n) is 5.20. The van der Waals surface area contributed by atoms with Crippen molar-refractivity contribution in [3.8, 4) is 0 Å². The van der Waals surface area contributed by atoms with Gasteiger partial charge in [-0.1, -0.05) is 12.1 Å². The fraction of sp³-hybridized carbons (Fsp3) is 0.571. The van der Waals surface area contributed by atoms with Gasteiger partial charge < -0.3 is 5.73 Å². The van der Waals surface area contributed by atoms with Gasteiger partial charge in [-0.2, -0.15) is 13.2 Å². The number of nitrogens with zero attached hydrogens (tertiary/aromatic N) is 1. The van der Waals surface area contributed by atoms with Gasteiger partial charge in [0.05, 0.1) is 5.56 Å². The number of piperidine rings is 1. The van der Waals surface area contributed by atoms with E-state index in [2.05, 4.69) is 4.90 Å². The molecule has 0 radical (unpaired) electrons. The zero-order chi connectivity index (χ0) is 14.0. The molecule has 0 spiro atoms. The molecule has 0 amide bonds. The lowest BCUT2D eigenvalue weighted by molar-refractivity contribution is -0.137. The Hall–Kier alpha value is -1.07. The minimum atomic E-state index is -4.28. The minimum absolute atomic E-state index is 0.0337. The molecule has 2 N–H and O–H groups in total. The molecule has 0 bridgehead atoms. The lowest BCUT2D eigenvalue weighted by atomic mass is 9.99. The highest BCUT2D eigenvalue weighted by Gasteiger charge is 2.31. The number of alkyl halides is 3. The number of hydrogen-bond donors (Lipinski definition) is 1. The van der Waals surface area contributed by atoms with Crippen molar-refractivity contribution in [2.75, 3.05) is 13.1 Å². The molecular weight excluding hydrogens is 253 g/mol. The Balaban J connectivity index is 2.17. The summed E-state index contributed by atoms with van der Waals surface area (Å²) in [4.78, 5) is 2.16. The molecule has 1 aliphatic rings. The van der Waals surface area contributed by atoms with Gasteiger partial charge in [0.1, 0.15) is 0 Å². The highest BCUT2D eigenvalue weighted by Crippen LogP contribution is 2.32. The van der Waals surface area contributed by atoms with Crippen molar-refractivity contribution in [2.24, 2.45) is 5.73 Å². The first-order chi connectivity index (χ1) is 8.88. The van der Waals surface area contributed by atoms with E-state index in [4.69, 9.17) is 5.73 Å². The molecule has 0 saturated carbocycles. The maximum atomic E-state index is 12.7. The standard InChI is InChI=1S/C14H19F3N2/c1-10(19-7-3-6-13(18)9-19)11-4-2-5-12(8-11)14(15,16)17/h2,4-5,8,10,13H,3,6-7,9,18H2,1H3. The summed E-state index contributed by atoms with van der Waals surface area (Å²) in [5, 5.41) is 0. The smallest absolute Gasteiger partial charge is 0.327 e. The molecule has 2 unspecified atom stereocenters. The fourth-order valence-corrected chi connectivity index (χ4v) is 2.58. The molecule has 1 saturated heterocycles. The highest BCUT2D eigenvalue weighted by molar-refractivity contribution is 5.27. The third-order valence-electron chi connectivity index (χ3n) is 3.73. The first-order valence-corrected chi connectivity index (χ1v) is 6.54. The van der Waals surface area contributed by atoms with Crippen molar-refractivity contribution in [1.82, 2.24) is 4.90 Å².